The Morgan fingerprint density at radius 3 is 2.02 bits per heavy atom. The number of nitrogens with one attached hydrogen (secondary N) is 6. The molecule has 2 heterocycles. The van der Waals surface area contributed by atoms with Crippen LogP contribution >= 0.6 is 11.6 Å². The first-order chi connectivity index (χ1) is 24.5. The molecule has 5 amide bonds. The van der Waals surface area contributed by atoms with Crippen molar-refractivity contribution in [1.29, 1.82) is 0 Å². The number of amides is 5. The first-order valence-electron chi connectivity index (χ1n) is 17.9. The number of hydrogen-bond donors (Lipinski definition) is 6. The predicted molar refractivity (Wildman–Crippen MR) is 208 cm³/mol. The molecule has 282 valence electrons. The van der Waals surface area contributed by atoms with Gasteiger partial charge in [0.25, 0.3) is 5.91 Å². The highest BCUT2D eigenvalue weighted by Gasteiger charge is 2.44. The fourth-order valence-electron chi connectivity index (χ4n) is 5.62. The summed E-state index contributed by atoms with van der Waals surface area (Å²) >= 11 is 6.66. The molecule has 0 saturated heterocycles. The molecule has 0 spiro atoms. The van der Waals surface area contributed by atoms with Gasteiger partial charge in [-0.2, -0.15) is 0 Å². The Morgan fingerprint density at radius 1 is 0.788 bits per heavy atom. The Hall–Kier alpha value is -4.78. The quantitative estimate of drug-likeness (QED) is 0.0632. The molecular weight excluding hydrogens is 682 g/mol. The molecule has 0 atom stereocenters. The lowest BCUT2D eigenvalue weighted by Crippen LogP contribution is -2.57. The van der Waals surface area contributed by atoms with E-state index >= 15 is 0 Å². The highest BCUT2D eigenvalue weighted by atomic mass is 35.5. The summed E-state index contributed by atoms with van der Waals surface area (Å²) in [6.07, 6.45) is 6.79. The van der Waals surface area contributed by atoms with E-state index in [2.05, 4.69) is 69.6 Å². The lowest BCUT2D eigenvalue weighted by molar-refractivity contribution is -0.125. The van der Waals surface area contributed by atoms with Gasteiger partial charge in [0, 0.05) is 22.9 Å². The largest absolute Gasteiger partial charge is 0.482 e. The Balaban J connectivity index is 1.33. The van der Waals surface area contributed by atoms with Gasteiger partial charge in [-0.25, -0.2) is 14.1 Å². The number of aromatic nitrogens is 4. The number of aromatic amines is 1. The Kier molecular flexibility index (Phi) is 13.2. The zero-order valence-electron chi connectivity index (χ0n) is 31.6. The fourth-order valence-corrected chi connectivity index (χ4v) is 6.06. The number of para-hydroxylation sites is 4. The van der Waals surface area contributed by atoms with Crippen LogP contribution in [-0.2, 0) is 15.6 Å². The molecular formula is C38H54ClN9O4. The Bertz CT molecular complexity index is 1840. The van der Waals surface area contributed by atoms with E-state index in [0.29, 0.717) is 45.9 Å². The van der Waals surface area contributed by atoms with Gasteiger partial charge in [-0.05, 0) is 44.5 Å². The molecule has 0 aliphatic rings. The van der Waals surface area contributed by atoms with Crippen LogP contribution in [0.2, 0.25) is 5.02 Å². The van der Waals surface area contributed by atoms with E-state index in [0.717, 1.165) is 25.0 Å². The number of H-pyrrole nitrogens is 1. The van der Waals surface area contributed by atoms with Crippen molar-refractivity contribution in [3.05, 3.63) is 65.1 Å². The summed E-state index contributed by atoms with van der Waals surface area (Å²) in [7, 11) is 0. The van der Waals surface area contributed by atoms with Crippen molar-refractivity contribution in [3.63, 3.8) is 0 Å². The van der Waals surface area contributed by atoms with E-state index in [-0.39, 0.29) is 24.0 Å². The van der Waals surface area contributed by atoms with Gasteiger partial charge in [0.15, 0.2) is 18.1 Å². The third kappa shape index (κ3) is 9.96. The zero-order valence-corrected chi connectivity index (χ0v) is 32.4. The lowest BCUT2D eigenvalue weighted by atomic mass is 9.73. The SMILES string of the molecule is CCCCCCCCNC(=O)Nc1ccccc1NC(=O)Nc1ccccc1OCC(=O)NC(C)(C)C(C)(C)c1nnc2c(Cl)c(C(C)(C)C)[nH]n12. The maximum Gasteiger partial charge on any atom is 0.323 e. The number of fused-ring (bicyclic) bond motifs is 1. The maximum atomic E-state index is 13.3. The van der Waals surface area contributed by atoms with Crippen LogP contribution in [-0.4, -0.2) is 56.5 Å². The first-order valence-corrected chi connectivity index (χ1v) is 18.3. The second-order valence-electron chi connectivity index (χ2n) is 15.1. The van der Waals surface area contributed by atoms with Crippen molar-refractivity contribution >= 4 is 52.3 Å². The number of ether oxygens (including phenoxy) is 1. The molecule has 14 heteroatoms. The molecule has 6 N–H and O–H groups in total. The van der Waals surface area contributed by atoms with E-state index < -0.39 is 17.0 Å². The summed E-state index contributed by atoms with van der Waals surface area (Å²) in [5, 5.41) is 27.0. The Labute approximate surface area is 311 Å². The van der Waals surface area contributed by atoms with Gasteiger partial charge in [-0.3, -0.25) is 9.89 Å². The molecule has 0 unspecified atom stereocenters. The van der Waals surface area contributed by atoms with Gasteiger partial charge < -0.3 is 31.3 Å². The van der Waals surface area contributed by atoms with E-state index in [9.17, 15) is 14.4 Å². The molecule has 2 aromatic heterocycles. The van der Waals surface area contributed by atoms with Crippen LogP contribution in [0.1, 0.15) is 105 Å². The van der Waals surface area contributed by atoms with Gasteiger partial charge in [0.05, 0.1) is 22.8 Å². The van der Waals surface area contributed by atoms with Crippen molar-refractivity contribution in [2.24, 2.45) is 0 Å². The van der Waals surface area contributed by atoms with Crippen molar-refractivity contribution in [1.82, 2.24) is 30.4 Å². The molecule has 52 heavy (non-hydrogen) atoms. The van der Waals surface area contributed by atoms with Crippen LogP contribution < -0.4 is 31.3 Å². The predicted octanol–water partition coefficient (Wildman–Crippen LogP) is 8.39. The van der Waals surface area contributed by atoms with Gasteiger partial charge in [-0.15, -0.1) is 10.2 Å². The number of halogens is 1. The smallest absolute Gasteiger partial charge is 0.323 e. The third-order valence-corrected chi connectivity index (χ3v) is 9.72. The third-order valence-electron chi connectivity index (χ3n) is 9.36. The number of carbonyl (C=O) groups excluding carboxylic acids is 3. The number of anilines is 3. The van der Waals surface area contributed by atoms with Crippen LogP contribution in [0.15, 0.2) is 48.5 Å². The number of rotatable bonds is 16. The molecule has 0 bridgehead atoms. The van der Waals surface area contributed by atoms with Crippen molar-refractivity contribution in [2.75, 3.05) is 29.1 Å². The standard InChI is InChI=1S/C38H54ClN9O4/c1-9-10-11-12-13-18-23-40-34(50)41-25-19-14-15-20-26(25)42-35(51)43-27-21-16-17-22-28(27)52-24-29(49)44-38(7,8)37(5,6)33-46-45-32-30(39)31(36(2,3)4)47-48(32)33/h14-17,19-22,47H,9-13,18,23-24H2,1-8H3,(H,44,49)(H2,40,41,50)(H2,42,43,51). The number of carbonyl (C=O) groups is 3. The van der Waals surface area contributed by atoms with Gasteiger partial charge >= 0.3 is 12.1 Å². The topological polar surface area (TPSA) is 167 Å². The summed E-state index contributed by atoms with van der Waals surface area (Å²) in [6.45, 7) is 16.4. The lowest BCUT2D eigenvalue weighted by Gasteiger charge is -2.40. The van der Waals surface area contributed by atoms with Crippen LogP contribution in [0.3, 0.4) is 0 Å². The van der Waals surface area contributed by atoms with Crippen molar-refractivity contribution in [2.45, 2.75) is 110 Å². The second-order valence-corrected chi connectivity index (χ2v) is 15.5. The van der Waals surface area contributed by atoms with Crippen molar-refractivity contribution < 1.29 is 19.1 Å². The van der Waals surface area contributed by atoms with Crippen LogP contribution in [0.4, 0.5) is 26.7 Å². The van der Waals surface area contributed by atoms with Gasteiger partial charge in [0.1, 0.15) is 10.8 Å². The molecule has 0 aliphatic heterocycles. The summed E-state index contributed by atoms with van der Waals surface area (Å²) in [4.78, 5) is 38.9. The van der Waals surface area contributed by atoms with Crippen LogP contribution in [0.25, 0.3) is 5.65 Å². The van der Waals surface area contributed by atoms with Crippen LogP contribution in [0, 0.1) is 0 Å². The van der Waals surface area contributed by atoms with E-state index in [4.69, 9.17) is 16.3 Å². The minimum absolute atomic E-state index is 0.238. The second kappa shape index (κ2) is 17.2. The zero-order chi connectivity index (χ0) is 38.1. The van der Waals surface area contributed by atoms with Crippen LogP contribution in [0.5, 0.6) is 5.75 Å². The number of nitrogens with zero attached hydrogens (tertiary/aromatic N) is 3. The summed E-state index contributed by atoms with van der Waals surface area (Å²) in [5.41, 5.74) is 0.844. The Morgan fingerprint density at radius 2 is 1.37 bits per heavy atom. The fraction of sp³-hybridized carbons (Fsp3) is 0.500. The molecule has 4 rings (SSSR count). The number of urea groups is 2. The molecule has 2 aromatic carbocycles. The van der Waals surface area contributed by atoms with E-state index in [1.165, 1.54) is 19.3 Å². The average Bonchev–Trinajstić information content (AvgIpc) is 3.65. The number of hydrogen-bond acceptors (Lipinski definition) is 6. The molecule has 0 aliphatic carbocycles. The molecule has 0 fully saturated rings. The van der Waals surface area contributed by atoms with E-state index in [1.807, 2.05) is 27.7 Å². The highest BCUT2D eigenvalue weighted by Crippen LogP contribution is 2.37. The number of unbranched alkanes of at least 4 members (excludes halogenated alkanes) is 5. The molecule has 0 saturated carbocycles. The maximum absolute atomic E-state index is 13.3. The summed E-state index contributed by atoms with van der Waals surface area (Å²) in [5.74, 6) is 0.547. The van der Waals surface area contributed by atoms with Gasteiger partial charge in [-0.1, -0.05) is 110 Å². The highest BCUT2D eigenvalue weighted by molar-refractivity contribution is 6.34. The normalized spacial score (nSPS) is 12.0. The molecule has 4 aromatic rings. The first kappa shape index (κ1) is 40.0. The van der Waals surface area contributed by atoms with Gasteiger partial charge in [0.2, 0.25) is 0 Å². The minimum atomic E-state index is -0.805. The monoisotopic (exact) mass is 735 g/mol. The minimum Gasteiger partial charge on any atom is -0.482 e. The average molecular weight is 736 g/mol. The van der Waals surface area contributed by atoms with E-state index in [1.54, 1.807) is 53.0 Å². The summed E-state index contributed by atoms with van der Waals surface area (Å²) < 4.78 is 7.68. The molecule has 13 nitrogen and oxygen atoms in total. The summed E-state index contributed by atoms with van der Waals surface area (Å²) in [6, 6.07) is 12.9. The van der Waals surface area contributed by atoms with Crippen molar-refractivity contribution in [3.8, 4) is 5.75 Å². The molecule has 0 radical (unpaired) electrons. The number of benzene rings is 2.